The Hall–Kier alpha value is -2.84. The summed E-state index contributed by atoms with van der Waals surface area (Å²) in [6.45, 7) is -0.143. The Kier molecular flexibility index (Phi) is 5.31. The van der Waals surface area contributed by atoms with E-state index in [1.54, 1.807) is 36.2 Å². The Morgan fingerprint density at radius 3 is 2.36 bits per heavy atom. The van der Waals surface area contributed by atoms with Crippen LogP contribution in [0.3, 0.4) is 0 Å². The highest BCUT2D eigenvalue weighted by Crippen LogP contribution is 2.29. The summed E-state index contributed by atoms with van der Waals surface area (Å²) in [4.78, 5) is 26.7. The van der Waals surface area contributed by atoms with Crippen LogP contribution in [0.4, 0.5) is 5.69 Å². The minimum atomic E-state index is -0.341. The molecule has 4 rings (SSSR count). The Bertz CT molecular complexity index is 1180. The summed E-state index contributed by atoms with van der Waals surface area (Å²) < 4.78 is 3.60. The first-order valence-corrected chi connectivity index (χ1v) is 10.1. The van der Waals surface area contributed by atoms with Crippen LogP contribution in [-0.2, 0) is 11.3 Å². The van der Waals surface area contributed by atoms with E-state index in [1.807, 2.05) is 48.5 Å². The summed E-state index contributed by atoms with van der Waals surface area (Å²) in [5.74, 6) is -0.307. The van der Waals surface area contributed by atoms with Crippen LogP contribution in [0.1, 0.15) is 0 Å². The topological polar surface area (TPSA) is 68.4 Å². The van der Waals surface area contributed by atoms with Gasteiger partial charge in [0.05, 0.1) is 0 Å². The zero-order valence-corrected chi connectivity index (χ0v) is 17.0. The second-order valence-corrected chi connectivity index (χ2v) is 8.06. The summed E-state index contributed by atoms with van der Waals surface area (Å²) in [6, 6.07) is 20.9. The van der Waals surface area contributed by atoms with Crippen molar-refractivity contribution >= 4 is 44.9 Å². The molecule has 6 nitrogen and oxygen atoms in total. The molecule has 0 fully saturated rings. The SMILES string of the molecule is O=C(Cn1nc2ccccn2c1=O)Nc1ccc(Sc2ccc(Br)cc2)cc1. The zero-order valence-electron chi connectivity index (χ0n) is 14.6. The molecule has 0 spiro atoms. The first-order chi connectivity index (χ1) is 13.6. The number of amides is 1. The smallest absolute Gasteiger partial charge is 0.324 e. The number of rotatable bonds is 5. The molecular weight excluding hydrogens is 440 g/mol. The first-order valence-electron chi connectivity index (χ1n) is 8.46. The molecule has 0 atom stereocenters. The molecule has 0 saturated heterocycles. The van der Waals surface area contributed by atoms with Crippen LogP contribution in [0.5, 0.6) is 0 Å². The number of nitrogens with one attached hydrogen (secondary N) is 1. The predicted molar refractivity (Wildman–Crippen MR) is 113 cm³/mol. The number of aromatic nitrogens is 3. The van der Waals surface area contributed by atoms with E-state index in [9.17, 15) is 9.59 Å². The molecule has 0 unspecified atom stereocenters. The summed E-state index contributed by atoms with van der Waals surface area (Å²) in [5, 5.41) is 6.96. The van der Waals surface area contributed by atoms with Crippen molar-refractivity contribution in [3.8, 4) is 0 Å². The van der Waals surface area contributed by atoms with Crippen LogP contribution < -0.4 is 11.0 Å². The Morgan fingerprint density at radius 2 is 1.68 bits per heavy atom. The van der Waals surface area contributed by atoms with Crippen molar-refractivity contribution in [2.24, 2.45) is 0 Å². The lowest BCUT2D eigenvalue weighted by molar-refractivity contribution is -0.117. The van der Waals surface area contributed by atoms with E-state index in [0.717, 1.165) is 18.9 Å². The van der Waals surface area contributed by atoms with Crippen molar-refractivity contribution in [1.82, 2.24) is 14.2 Å². The number of pyridine rings is 1. The summed E-state index contributed by atoms with van der Waals surface area (Å²) in [7, 11) is 0. The zero-order chi connectivity index (χ0) is 19.5. The lowest BCUT2D eigenvalue weighted by atomic mass is 10.3. The van der Waals surface area contributed by atoms with E-state index in [1.165, 1.54) is 4.40 Å². The second-order valence-electron chi connectivity index (χ2n) is 6.00. The maximum Gasteiger partial charge on any atom is 0.350 e. The van der Waals surface area contributed by atoms with Gasteiger partial charge in [0.2, 0.25) is 5.91 Å². The normalized spacial score (nSPS) is 10.9. The van der Waals surface area contributed by atoms with Gasteiger partial charge in [-0.2, -0.15) is 0 Å². The van der Waals surface area contributed by atoms with Crippen LogP contribution in [-0.4, -0.2) is 20.1 Å². The highest BCUT2D eigenvalue weighted by atomic mass is 79.9. The molecule has 0 bridgehead atoms. The number of nitrogens with zero attached hydrogens (tertiary/aromatic N) is 3. The second kappa shape index (κ2) is 8.04. The Morgan fingerprint density at radius 1 is 1.00 bits per heavy atom. The molecule has 140 valence electrons. The number of fused-ring (bicyclic) bond motifs is 1. The highest BCUT2D eigenvalue weighted by molar-refractivity contribution is 9.10. The molecule has 2 heterocycles. The third-order valence-corrected chi connectivity index (χ3v) is 5.51. The molecule has 28 heavy (non-hydrogen) atoms. The number of hydrogen-bond donors (Lipinski definition) is 1. The number of anilines is 1. The van der Waals surface area contributed by atoms with E-state index in [4.69, 9.17) is 0 Å². The fourth-order valence-corrected chi connectivity index (χ4v) is 3.73. The van der Waals surface area contributed by atoms with Crippen molar-refractivity contribution in [3.63, 3.8) is 0 Å². The summed E-state index contributed by atoms with van der Waals surface area (Å²) in [6.07, 6.45) is 1.63. The maximum atomic E-state index is 12.3. The summed E-state index contributed by atoms with van der Waals surface area (Å²) >= 11 is 5.06. The average Bonchev–Trinajstić information content (AvgIpc) is 3.01. The van der Waals surface area contributed by atoms with Gasteiger partial charge in [0.25, 0.3) is 0 Å². The largest absolute Gasteiger partial charge is 0.350 e. The third kappa shape index (κ3) is 4.18. The van der Waals surface area contributed by atoms with E-state index in [2.05, 4.69) is 26.3 Å². The van der Waals surface area contributed by atoms with Gasteiger partial charge in [-0.15, -0.1) is 5.10 Å². The van der Waals surface area contributed by atoms with Crippen LogP contribution in [0.15, 0.2) is 92.0 Å². The van der Waals surface area contributed by atoms with E-state index >= 15 is 0 Å². The molecule has 0 aliphatic rings. The Balaban J connectivity index is 1.40. The molecule has 0 aliphatic heterocycles. The lowest BCUT2D eigenvalue weighted by Gasteiger charge is -2.06. The minimum absolute atomic E-state index is 0.143. The van der Waals surface area contributed by atoms with Gasteiger partial charge < -0.3 is 5.32 Å². The fourth-order valence-electron chi connectivity index (χ4n) is 2.65. The van der Waals surface area contributed by atoms with Crippen molar-refractivity contribution < 1.29 is 4.79 Å². The number of benzene rings is 2. The average molecular weight is 455 g/mol. The standard InChI is InChI=1S/C20H15BrN4O2S/c21-14-4-8-16(9-5-14)28-17-10-6-15(7-11-17)22-19(26)13-25-20(27)24-12-2-1-3-18(24)23-25/h1-12H,13H2,(H,22,26). The molecule has 1 N–H and O–H groups in total. The van der Waals surface area contributed by atoms with Crippen LogP contribution >= 0.6 is 27.7 Å². The van der Waals surface area contributed by atoms with Gasteiger partial charge in [-0.25, -0.2) is 9.48 Å². The number of carbonyl (C=O) groups excluding carboxylic acids is 1. The fraction of sp³-hybridized carbons (Fsp3) is 0.0500. The number of carbonyl (C=O) groups is 1. The van der Waals surface area contributed by atoms with Gasteiger partial charge in [-0.05, 0) is 60.7 Å². The van der Waals surface area contributed by atoms with E-state index < -0.39 is 0 Å². The van der Waals surface area contributed by atoms with Gasteiger partial charge in [-0.3, -0.25) is 9.20 Å². The van der Waals surface area contributed by atoms with Crippen LogP contribution in [0.2, 0.25) is 0 Å². The molecule has 0 radical (unpaired) electrons. The molecule has 4 aromatic rings. The Labute approximate surface area is 173 Å². The molecule has 1 amide bonds. The van der Waals surface area contributed by atoms with Gasteiger partial charge in [0.15, 0.2) is 5.65 Å². The first kappa shape index (κ1) is 18.5. The van der Waals surface area contributed by atoms with Crippen LogP contribution in [0, 0.1) is 0 Å². The molecule has 2 aromatic carbocycles. The van der Waals surface area contributed by atoms with Gasteiger partial charge in [0, 0.05) is 26.1 Å². The minimum Gasteiger partial charge on any atom is -0.324 e. The predicted octanol–water partition coefficient (Wildman–Crippen LogP) is 4.05. The monoisotopic (exact) mass is 454 g/mol. The van der Waals surface area contributed by atoms with Gasteiger partial charge in [-0.1, -0.05) is 33.8 Å². The molecule has 8 heteroatoms. The molecule has 0 saturated carbocycles. The van der Waals surface area contributed by atoms with Gasteiger partial charge >= 0.3 is 5.69 Å². The van der Waals surface area contributed by atoms with Crippen LogP contribution in [0.25, 0.3) is 5.65 Å². The lowest BCUT2D eigenvalue weighted by Crippen LogP contribution is -2.28. The van der Waals surface area contributed by atoms with Crippen molar-refractivity contribution in [2.45, 2.75) is 16.3 Å². The quantitative estimate of drug-likeness (QED) is 0.493. The van der Waals surface area contributed by atoms with Crippen molar-refractivity contribution in [2.75, 3.05) is 5.32 Å². The maximum absolute atomic E-state index is 12.3. The summed E-state index contributed by atoms with van der Waals surface area (Å²) in [5.41, 5.74) is 0.837. The number of halogens is 1. The molecular formula is C20H15BrN4O2S. The highest BCUT2D eigenvalue weighted by Gasteiger charge is 2.10. The van der Waals surface area contributed by atoms with Gasteiger partial charge in [0.1, 0.15) is 6.54 Å². The van der Waals surface area contributed by atoms with Crippen molar-refractivity contribution in [1.29, 1.82) is 0 Å². The molecule has 2 aromatic heterocycles. The third-order valence-electron chi connectivity index (χ3n) is 3.97. The van der Waals surface area contributed by atoms with Crippen molar-refractivity contribution in [3.05, 3.63) is 87.9 Å². The molecule has 0 aliphatic carbocycles. The van der Waals surface area contributed by atoms with E-state index in [-0.39, 0.29) is 18.1 Å². The number of hydrogen-bond acceptors (Lipinski definition) is 4. The van der Waals surface area contributed by atoms with E-state index in [0.29, 0.717) is 11.3 Å².